The van der Waals surface area contributed by atoms with E-state index in [1.807, 2.05) is 0 Å². The Morgan fingerprint density at radius 1 is 1.00 bits per heavy atom. The summed E-state index contributed by atoms with van der Waals surface area (Å²) in [6, 6.07) is 0. The molecule has 0 heterocycles. The summed E-state index contributed by atoms with van der Waals surface area (Å²) in [5.74, 6) is -1.15. The zero-order chi connectivity index (χ0) is 13.7. The van der Waals surface area contributed by atoms with E-state index in [4.69, 9.17) is 9.84 Å². The minimum Gasteiger partial charge on any atom is -0.478 e. The number of esters is 1. The third-order valence-corrected chi connectivity index (χ3v) is 4.46. The molecule has 2 fully saturated rings. The lowest BCUT2D eigenvalue weighted by Gasteiger charge is -2.41. The summed E-state index contributed by atoms with van der Waals surface area (Å²) in [5, 5.41) is 8.55. The Morgan fingerprint density at radius 3 is 2.21 bits per heavy atom. The lowest BCUT2D eigenvalue weighted by molar-refractivity contribution is -0.165. The lowest BCUT2D eigenvalue weighted by Crippen LogP contribution is -2.43. The fraction of sp³-hybridized carbons (Fsp3) is 0.733. The first-order valence-corrected chi connectivity index (χ1v) is 7.26. The van der Waals surface area contributed by atoms with E-state index in [0.717, 1.165) is 50.7 Å². The van der Waals surface area contributed by atoms with Crippen molar-refractivity contribution < 1.29 is 19.4 Å². The van der Waals surface area contributed by atoms with Gasteiger partial charge in [-0.3, -0.25) is 0 Å². The molecule has 4 nitrogen and oxygen atoms in total. The molecular weight excluding hydrogens is 244 g/mol. The number of rotatable bonds is 4. The van der Waals surface area contributed by atoms with Crippen LogP contribution >= 0.6 is 0 Å². The Morgan fingerprint density at radius 2 is 1.63 bits per heavy atom. The van der Waals surface area contributed by atoms with Crippen molar-refractivity contribution in [2.75, 3.05) is 0 Å². The van der Waals surface area contributed by atoms with Gasteiger partial charge in [0.15, 0.2) is 0 Å². The quantitative estimate of drug-likeness (QED) is 0.627. The first kappa shape index (κ1) is 14.1. The summed E-state index contributed by atoms with van der Waals surface area (Å²) < 4.78 is 5.72. The Bertz CT molecular complexity index is 360. The Hall–Kier alpha value is -1.32. The standard InChI is InChI=1S/C15H22O4/c16-13(17)8-9-14(18)19-15(10-4-1-5-11-15)12-6-2-3-7-12/h8-9,12H,1-7,10-11H2,(H,16,17). The van der Waals surface area contributed by atoms with Crippen LogP contribution in [0.4, 0.5) is 0 Å². The largest absolute Gasteiger partial charge is 0.478 e. The summed E-state index contributed by atoms with van der Waals surface area (Å²) in [7, 11) is 0. The molecule has 0 aromatic carbocycles. The van der Waals surface area contributed by atoms with E-state index in [2.05, 4.69) is 0 Å². The summed E-state index contributed by atoms with van der Waals surface area (Å²) in [5.41, 5.74) is -0.325. The van der Waals surface area contributed by atoms with Crippen LogP contribution < -0.4 is 0 Å². The highest BCUT2D eigenvalue weighted by molar-refractivity contribution is 5.90. The molecular formula is C15H22O4. The van der Waals surface area contributed by atoms with Gasteiger partial charge in [-0.25, -0.2) is 9.59 Å². The molecule has 1 N–H and O–H groups in total. The first-order valence-electron chi connectivity index (χ1n) is 7.26. The maximum absolute atomic E-state index is 11.8. The number of carboxylic acids is 1. The number of carboxylic acid groups (broad SMARTS) is 1. The smallest absolute Gasteiger partial charge is 0.331 e. The molecule has 2 aliphatic carbocycles. The second-order valence-electron chi connectivity index (χ2n) is 5.70. The highest BCUT2D eigenvalue weighted by Crippen LogP contribution is 2.45. The van der Waals surface area contributed by atoms with Gasteiger partial charge in [-0.05, 0) is 44.4 Å². The van der Waals surface area contributed by atoms with E-state index in [1.54, 1.807) is 0 Å². The Labute approximate surface area is 113 Å². The zero-order valence-corrected chi connectivity index (χ0v) is 11.3. The van der Waals surface area contributed by atoms with Gasteiger partial charge in [0.1, 0.15) is 5.60 Å². The molecule has 4 heteroatoms. The number of aliphatic carboxylic acids is 1. The average molecular weight is 266 g/mol. The fourth-order valence-corrected chi connectivity index (χ4v) is 3.57. The van der Waals surface area contributed by atoms with E-state index in [1.165, 1.54) is 19.3 Å². The average Bonchev–Trinajstić information content (AvgIpc) is 2.92. The molecule has 2 aliphatic rings. The van der Waals surface area contributed by atoms with E-state index in [9.17, 15) is 9.59 Å². The Kier molecular flexibility index (Phi) is 4.61. The predicted molar refractivity (Wildman–Crippen MR) is 70.6 cm³/mol. The van der Waals surface area contributed by atoms with Gasteiger partial charge in [-0.2, -0.15) is 0 Å². The number of hydrogen-bond donors (Lipinski definition) is 1. The minimum absolute atomic E-state index is 0.325. The molecule has 0 radical (unpaired) electrons. The summed E-state index contributed by atoms with van der Waals surface area (Å²) >= 11 is 0. The molecule has 0 saturated heterocycles. The summed E-state index contributed by atoms with van der Waals surface area (Å²) in [6.07, 6.45) is 11.9. The SMILES string of the molecule is O=C(O)C=CC(=O)OC1(C2CCCC2)CCCCC1. The van der Waals surface area contributed by atoms with Crippen LogP contribution in [-0.4, -0.2) is 22.6 Å². The van der Waals surface area contributed by atoms with Crippen LogP contribution in [0.2, 0.25) is 0 Å². The normalized spacial score (nSPS) is 23.6. The van der Waals surface area contributed by atoms with Crippen molar-refractivity contribution in [1.82, 2.24) is 0 Å². The second-order valence-corrected chi connectivity index (χ2v) is 5.70. The summed E-state index contributed by atoms with van der Waals surface area (Å²) in [4.78, 5) is 22.2. The highest BCUT2D eigenvalue weighted by atomic mass is 16.6. The third-order valence-electron chi connectivity index (χ3n) is 4.46. The van der Waals surface area contributed by atoms with Crippen molar-refractivity contribution >= 4 is 11.9 Å². The van der Waals surface area contributed by atoms with Crippen molar-refractivity contribution in [3.8, 4) is 0 Å². The van der Waals surface area contributed by atoms with Gasteiger partial charge in [-0.15, -0.1) is 0 Å². The predicted octanol–water partition coefficient (Wildman–Crippen LogP) is 3.06. The number of carbonyl (C=O) groups is 2. The molecule has 2 rings (SSSR count). The molecule has 0 aliphatic heterocycles. The third kappa shape index (κ3) is 3.58. The van der Waals surface area contributed by atoms with Crippen molar-refractivity contribution in [2.24, 2.45) is 5.92 Å². The molecule has 0 atom stereocenters. The topological polar surface area (TPSA) is 63.6 Å². The van der Waals surface area contributed by atoms with E-state index in [-0.39, 0.29) is 5.60 Å². The van der Waals surface area contributed by atoms with Gasteiger partial charge < -0.3 is 9.84 Å². The van der Waals surface area contributed by atoms with E-state index < -0.39 is 11.9 Å². The van der Waals surface area contributed by atoms with Gasteiger partial charge in [0.05, 0.1) is 0 Å². The van der Waals surface area contributed by atoms with Crippen LogP contribution in [0.1, 0.15) is 57.8 Å². The maximum atomic E-state index is 11.8. The molecule has 0 bridgehead atoms. The van der Waals surface area contributed by atoms with Crippen LogP contribution in [0.3, 0.4) is 0 Å². The van der Waals surface area contributed by atoms with Crippen molar-refractivity contribution in [3.63, 3.8) is 0 Å². The van der Waals surface area contributed by atoms with E-state index >= 15 is 0 Å². The Balaban J connectivity index is 2.05. The molecule has 106 valence electrons. The lowest BCUT2D eigenvalue weighted by atomic mass is 9.74. The molecule has 2 saturated carbocycles. The van der Waals surface area contributed by atoms with Crippen LogP contribution in [0, 0.1) is 5.92 Å². The van der Waals surface area contributed by atoms with Crippen LogP contribution in [0.25, 0.3) is 0 Å². The van der Waals surface area contributed by atoms with Gasteiger partial charge in [0, 0.05) is 12.2 Å². The monoisotopic (exact) mass is 266 g/mol. The molecule has 0 aromatic heterocycles. The molecule has 0 amide bonds. The molecule has 0 spiro atoms. The highest BCUT2D eigenvalue weighted by Gasteiger charge is 2.43. The molecule has 0 aromatic rings. The second kappa shape index (κ2) is 6.22. The summed E-state index contributed by atoms with van der Waals surface area (Å²) in [6.45, 7) is 0. The maximum Gasteiger partial charge on any atom is 0.331 e. The fourth-order valence-electron chi connectivity index (χ4n) is 3.57. The van der Waals surface area contributed by atoms with Crippen molar-refractivity contribution in [1.29, 1.82) is 0 Å². The molecule has 19 heavy (non-hydrogen) atoms. The number of ether oxygens (including phenoxy) is 1. The van der Waals surface area contributed by atoms with Gasteiger partial charge in [-0.1, -0.05) is 19.3 Å². The minimum atomic E-state index is -1.12. The first-order chi connectivity index (χ1) is 9.12. The van der Waals surface area contributed by atoms with Gasteiger partial charge >= 0.3 is 11.9 Å². The number of hydrogen-bond acceptors (Lipinski definition) is 3. The zero-order valence-electron chi connectivity index (χ0n) is 11.3. The van der Waals surface area contributed by atoms with Crippen molar-refractivity contribution in [3.05, 3.63) is 12.2 Å². The van der Waals surface area contributed by atoms with Gasteiger partial charge in [0.25, 0.3) is 0 Å². The van der Waals surface area contributed by atoms with Crippen LogP contribution in [-0.2, 0) is 14.3 Å². The van der Waals surface area contributed by atoms with Gasteiger partial charge in [0.2, 0.25) is 0 Å². The van der Waals surface area contributed by atoms with Crippen LogP contribution in [0.5, 0.6) is 0 Å². The van der Waals surface area contributed by atoms with E-state index in [0.29, 0.717) is 5.92 Å². The van der Waals surface area contributed by atoms with Crippen molar-refractivity contribution in [2.45, 2.75) is 63.4 Å². The number of carbonyl (C=O) groups excluding carboxylic acids is 1. The van der Waals surface area contributed by atoms with Crippen LogP contribution in [0.15, 0.2) is 12.2 Å². The molecule has 0 unspecified atom stereocenters.